The smallest absolute Gasteiger partial charge is 0.258 e. The summed E-state index contributed by atoms with van der Waals surface area (Å²) < 4.78 is 1.85. The fourth-order valence-corrected chi connectivity index (χ4v) is 3.69. The number of aryl methyl sites for hydroxylation is 3. The molecule has 1 amide bonds. The van der Waals surface area contributed by atoms with E-state index >= 15 is 0 Å². The number of hydrogen-bond acceptors (Lipinski definition) is 4. The van der Waals surface area contributed by atoms with Crippen LogP contribution in [0.5, 0.6) is 0 Å². The summed E-state index contributed by atoms with van der Waals surface area (Å²) in [5.41, 5.74) is 3.40. The molecule has 0 aliphatic rings. The lowest BCUT2D eigenvalue weighted by atomic mass is 10.2. The van der Waals surface area contributed by atoms with Gasteiger partial charge in [-0.2, -0.15) is 5.10 Å². The number of benzene rings is 2. The van der Waals surface area contributed by atoms with Gasteiger partial charge >= 0.3 is 0 Å². The first-order valence-corrected chi connectivity index (χ1v) is 10.3. The van der Waals surface area contributed by atoms with Gasteiger partial charge in [-0.15, -0.1) is 0 Å². The molecule has 1 N–H and O–H groups in total. The highest BCUT2D eigenvalue weighted by Gasteiger charge is 2.17. The van der Waals surface area contributed by atoms with E-state index in [2.05, 4.69) is 15.1 Å². The van der Waals surface area contributed by atoms with Crippen LogP contribution in [-0.4, -0.2) is 30.6 Å². The molecular weight excluding hydrogens is 390 g/mol. The Morgan fingerprint density at radius 3 is 2.52 bits per heavy atom. The van der Waals surface area contributed by atoms with E-state index in [1.54, 1.807) is 17.0 Å². The van der Waals surface area contributed by atoms with Crippen LogP contribution in [0.2, 0.25) is 0 Å². The molecule has 0 fully saturated rings. The Bertz CT molecular complexity index is 1260. The van der Waals surface area contributed by atoms with Crippen molar-refractivity contribution in [3.8, 4) is 0 Å². The quantitative estimate of drug-likeness (QED) is 0.502. The third-order valence-corrected chi connectivity index (χ3v) is 5.21. The molecule has 0 aliphatic heterocycles. The van der Waals surface area contributed by atoms with Gasteiger partial charge in [0, 0.05) is 25.2 Å². The van der Waals surface area contributed by atoms with Crippen molar-refractivity contribution in [1.29, 1.82) is 0 Å². The first kappa shape index (κ1) is 20.5. The molecule has 2 heterocycles. The van der Waals surface area contributed by atoms with Gasteiger partial charge in [0.05, 0.1) is 23.1 Å². The van der Waals surface area contributed by atoms with E-state index in [1.165, 1.54) is 0 Å². The zero-order valence-electron chi connectivity index (χ0n) is 17.7. The zero-order chi connectivity index (χ0) is 21.8. The highest BCUT2D eigenvalue weighted by atomic mass is 16.2. The van der Waals surface area contributed by atoms with Gasteiger partial charge in [-0.25, -0.2) is 4.98 Å². The monoisotopic (exact) mass is 415 g/mol. The summed E-state index contributed by atoms with van der Waals surface area (Å²) in [4.78, 5) is 34.7. The second-order valence-electron chi connectivity index (χ2n) is 7.67. The second kappa shape index (κ2) is 8.95. The number of aromatic nitrogens is 4. The van der Waals surface area contributed by atoms with Crippen LogP contribution in [0.4, 0.5) is 0 Å². The maximum absolute atomic E-state index is 13.2. The van der Waals surface area contributed by atoms with Crippen molar-refractivity contribution < 1.29 is 4.79 Å². The highest BCUT2D eigenvalue weighted by molar-refractivity contribution is 5.78. The molecular formula is C24H25N5O2. The van der Waals surface area contributed by atoms with Crippen molar-refractivity contribution in [3.05, 3.63) is 93.8 Å². The zero-order valence-corrected chi connectivity index (χ0v) is 17.7. The largest absolute Gasteiger partial charge is 0.331 e. The number of H-pyrrole nitrogens is 1. The first-order valence-electron chi connectivity index (χ1n) is 10.3. The molecule has 0 unspecified atom stereocenters. The van der Waals surface area contributed by atoms with Crippen LogP contribution in [0.25, 0.3) is 10.9 Å². The molecule has 0 saturated carbocycles. The number of para-hydroxylation sites is 1. The average molecular weight is 415 g/mol. The Hall–Kier alpha value is -3.74. The minimum atomic E-state index is -0.199. The minimum absolute atomic E-state index is 0.0211. The summed E-state index contributed by atoms with van der Waals surface area (Å²) in [6.45, 7) is 5.09. The van der Waals surface area contributed by atoms with Crippen molar-refractivity contribution in [1.82, 2.24) is 24.6 Å². The van der Waals surface area contributed by atoms with E-state index in [1.807, 2.05) is 67.1 Å². The Morgan fingerprint density at radius 2 is 1.77 bits per heavy atom. The van der Waals surface area contributed by atoms with Crippen molar-refractivity contribution >= 4 is 16.8 Å². The molecule has 0 radical (unpaired) electrons. The van der Waals surface area contributed by atoms with E-state index in [4.69, 9.17) is 0 Å². The minimum Gasteiger partial charge on any atom is -0.331 e. The van der Waals surface area contributed by atoms with Gasteiger partial charge in [0.1, 0.15) is 5.82 Å². The summed E-state index contributed by atoms with van der Waals surface area (Å²) in [6, 6.07) is 19.0. The van der Waals surface area contributed by atoms with Crippen molar-refractivity contribution in [2.75, 3.05) is 0 Å². The summed E-state index contributed by atoms with van der Waals surface area (Å²) >= 11 is 0. The topological polar surface area (TPSA) is 83.9 Å². The molecule has 7 nitrogen and oxygen atoms in total. The molecule has 2 aromatic heterocycles. The van der Waals surface area contributed by atoms with Gasteiger partial charge in [0.15, 0.2) is 0 Å². The molecule has 0 atom stereocenters. The van der Waals surface area contributed by atoms with Crippen LogP contribution in [0.15, 0.2) is 65.5 Å². The van der Waals surface area contributed by atoms with Crippen LogP contribution < -0.4 is 5.56 Å². The molecule has 158 valence electrons. The molecule has 2 aromatic carbocycles. The predicted octanol–water partition coefficient (Wildman–Crippen LogP) is 3.36. The lowest BCUT2D eigenvalue weighted by Gasteiger charge is -2.23. The van der Waals surface area contributed by atoms with E-state index in [9.17, 15) is 9.59 Å². The number of nitrogens with zero attached hydrogens (tertiary/aromatic N) is 4. The molecule has 7 heteroatoms. The molecule has 31 heavy (non-hydrogen) atoms. The fourth-order valence-electron chi connectivity index (χ4n) is 3.69. The lowest BCUT2D eigenvalue weighted by Crippen LogP contribution is -2.32. The Morgan fingerprint density at radius 1 is 1.03 bits per heavy atom. The van der Waals surface area contributed by atoms with Crippen LogP contribution in [-0.2, 0) is 24.4 Å². The van der Waals surface area contributed by atoms with E-state index < -0.39 is 0 Å². The number of rotatable bonds is 7. The maximum atomic E-state index is 13.2. The summed E-state index contributed by atoms with van der Waals surface area (Å²) in [6.07, 6.45) is 0.312. The van der Waals surface area contributed by atoms with Gasteiger partial charge in [-0.05, 0) is 37.6 Å². The van der Waals surface area contributed by atoms with Gasteiger partial charge in [-0.1, -0.05) is 42.5 Å². The van der Waals surface area contributed by atoms with Gasteiger partial charge in [-0.3, -0.25) is 14.3 Å². The molecule has 0 bridgehead atoms. The predicted molar refractivity (Wildman–Crippen MR) is 119 cm³/mol. The third kappa shape index (κ3) is 4.88. The van der Waals surface area contributed by atoms with Gasteiger partial charge in [0.2, 0.25) is 5.91 Å². The molecule has 0 saturated heterocycles. The van der Waals surface area contributed by atoms with Crippen molar-refractivity contribution in [2.45, 2.75) is 39.9 Å². The lowest BCUT2D eigenvalue weighted by molar-refractivity contribution is -0.132. The normalized spacial score (nSPS) is 11.0. The first-order chi connectivity index (χ1) is 15.0. The summed E-state index contributed by atoms with van der Waals surface area (Å²) in [5, 5.41) is 4.98. The number of carbonyl (C=O) groups is 1. The Kier molecular flexibility index (Phi) is 5.93. The number of amides is 1. The SMILES string of the molecule is Cc1cc(C)n(CCC(=O)N(Cc2ccccc2)Cc2nc3ccccc3c(=O)[nH]2)n1. The maximum Gasteiger partial charge on any atom is 0.258 e. The summed E-state index contributed by atoms with van der Waals surface area (Å²) in [7, 11) is 0. The fraction of sp³-hybridized carbons (Fsp3) is 0.250. The van der Waals surface area contributed by atoms with E-state index in [0.717, 1.165) is 17.0 Å². The average Bonchev–Trinajstić information content (AvgIpc) is 3.09. The molecule has 4 rings (SSSR count). The van der Waals surface area contributed by atoms with Crippen LogP contribution >= 0.6 is 0 Å². The van der Waals surface area contributed by atoms with E-state index in [0.29, 0.717) is 36.2 Å². The van der Waals surface area contributed by atoms with Gasteiger partial charge in [0.25, 0.3) is 5.56 Å². The number of fused-ring (bicyclic) bond motifs is 1. The van der Waals surface area contributed by atoms with E-state index in [-0.39, 0.29) is 18.0 Å². The number of hydrogen-bond donors (Lipinski definition) is 1. The Balaban J connectivity index is 1.57. The number of aromatic amines is 1. The Labute approximate surface area is 180 Å². The molecule has 0 aliphatic carbocycles. The number of carbonyl (C=O) groups excluding carboxylic acids is 1. The standard InChI is InChI=1S/C24H25N5O2/c1-17-14-18(2)29(27-17)13-12-23(30)28(15-19-8-4-3-5-9-19)16-22-25-21-11-7-6-10-20(21)24(31)26-22/h3-11,14H,12-13,15-16H2,1-2H3,(H,25,26,31). The molecule has 4 aromatic rings. The van der Waals surface area contributed by atoms with Gasteiger partial charge < -0.3 is 9.88 Å². The highest BCUT2D eigenvalue weighted by Crippen LogP contribution is 2.12. The molecule has 0 spiro atoms. The third-order valence-electron chi connectivity index (χ3n) is 5.21. The summed E-state index contributed by atoms with van der Waals surface area (Å²) in [5.74, 6) is 0.450. The van der Waals surface area contributed by atoms with Crippen molar-refractivity contribution in [2.24, 2.45) is 0 Å². The van der Waals surface area contributed by atoms with Crippen LogP contribution in [0.3, 0.4) is 0 Å². The van der Waals surface area contributed by atoms with Crippen molar-refractivity contribution in [3.63, 3.8) is 0 Å². The number of nitrogens with one attached hydrogen (secondary N) is 1. The van der Waals surface area contributed by atoms with Crippen LogP contribution in [0, 0.1) is 13.8 Å². The van der Waals surface area contributed by atoms with Crippen LogP contribution in [0.1, 0.15) is 29.2 Å². The second-order valence-corrected chi connectivity index (χ2v) is 7.67.